The molecule has 0 aliphatic carbocycles. The van der Waals surface area contributed by atoms with Crippen LogP contribution in [0.5, 0.6) is 0 Å². The van der Waals surface area contributed by atoms with Gasteiger partial charge in [0.25, 0.3) is 0 Å². The number of H-pyrrole nitrogens is 1. The number of nitriles is 1. The van der Waals surface area contributed by atoms with Gasteiger partial charge >= 0.3 is 0 Å². The van der Waals surface area contributed by atoms with Crippen molar-refractivity contribution < 1.29 is 4.79 Å². The predicted molar refractivity (Wildman–Crippen MR) is 70.0 cm³/mol. The van der Waals surface area contributed by atoms with Crippen LogP contribution in [0.3, 0.4) is 0 Å². The number of para-hydroxylation sites is 1. The van der Waals surface area contributed by atoms with Crippen molar-refractivity contribution in [1.29, 1.82) is 5.26 Å². The minimum atomic E-state index is -0.261. The molecule has 0 spiro atoms. The molecule has 1 aromatic heterocycles. The number of hydrogen-bond acceptors (Lipinski definition) is 3. The Labute approximate surface area is 105 Å². The summed E-state index contributed by atoms with van der Waals surface area (Å²) in [4.78, 5) is 17.0. The summed E-state index contributed by atoms with van der Waals surface area (Å²) in [5.41, 5.74) is 1.55. The first-order chi connectivity index (χ1) is 8.63. The van der Waals surface area contributed by atoms with Crippen molar-refractivity contribution >= 4 is 16.7 Å². The van der Waals surface area contributed by atoms with E-state index in [4.69, 9.17) is 5.26 Å². The van der Waals surface area contributed by atoms with E-state index in [1.807, 2.05) is 30.3 Å². The monoisotopic (exact) mass is 239 g/mol. The number of ketones is 1. The molecule has 0 radical (unpaired) electrons. The van der Waals surface area contributed by atoms with Crippen LogP contribution in [-0.4, -0.2) is 29.8 Å². The molecule has 2 aromatic rings. The van der Waals surface area contributed by atoms with Crippen molar-refractivity contribution in [2.24, 2.45) is 0 Å². The molecule has 0 saturated heterocycles. The van der Waals surface area contributed by atoms with Gasteiger partial charge in [0.15, 0.2) is 0 Å². The molecule has 90 valence electrons. The lowest BCUT2D eigenvalue weighted by Crippen LogP contribution is -2.08. The van der Waals surface area contributed by atoms with E-state index in [1.165, 1.54) is 6.20 Å². The van der Waals surface area contributed by atoms with Crippen molar-refractivity contribution in [2.75, 3.05) is 14.1 Å². The van der Waals surface area contributed by atoms with Gasteiger partial charge in [0.05, 0.1) is 0 Å². The van der Waals surface area contributed by atoms with Gasteiger partial charge in [0.2, 0.25) is 5.78 Å². The lowest BCUT2D eigenvalue weighted by atomic mass is 10.0. The molecule has 1 heterocycles. The van der Waals surface area contributed by atoms with Gasteiger partial charge in [-0.15, -0.1) is 0 Å². The quantitative estimate of drug-likeness (QED) is 0.508. The molecule has 4 nitrogen and oxygen atoms in total. The second-order valence-electron chi connectivity index (χ2n) is 4.20. The van der Waals surface area contributed by atoms with E-state index in [9.17, 15) is 4.79 Å². The fourth-order valence-electron chi connectivity index (χ4n) is 1.80. The first kappa shape index (κ1) is 11.9. The number of rotatable bonds is 3. The molecule has 1 N–H and O–H groups in total. The first-order valence-corrected chi connectivity index (χ1v) is 5.52. The highest BCUT2D eigenvalue weighted by Gasteiger charge is 2.16. The Kier molecular flexibility index (Phi) is 3.16. The van der Waals surface area contributed by atoms with Gasteiger partial charge in [0, 0.05) is 43.0 Å². The zero-order valence-corrected chi connectivity index (χ0v) is 10.3. The molecule has 0 fully saturated rings. The number of nitrogens with zero attached hydrogens (tertiary/aromatic N) is 2. The number of carbonyl (C=O) groups excluding carboxylic acids is 1. The number of benzene rings is 1. The molecule has 0 amide bonds. The van der Waals surface area contributed by atoms with Crippen LogP contribution in [0.15, 0.2) is 42.2 Å². The van der Waals surface area contributed by atoms with Crippen LogP contribution in [0.25, 0.3) is 10.9 Å². The molecule has 4 heteroatoms. The molecule has 1 aromatic carbocycles. The van der Waals surface area contributed by atoms with E-state index in [0.29, 0.717) is 5.56 Å². The molecule has 0 aliphatic heterocycles. The Balaban J connectivity index is 2.49. The third-order valence-corrected chi connectivity index (χ3v) is 2.59. The smallest absolute Gasteiger partial charge is 0.207 e. The van der Waals surface area contributed by atoms with E-state index in [0.717, 1.165) is 10.9 Å². The lowest BCUT2D eigenvalue weighted by Gasteiger charge is -2.05. The Morgan fingerprint density at radius 2 is 2.11 bits per heavy atom. The summed E-state index contributed by atoms with van der Waals surface area (Å²) in [5, 5.41) is 9.88. The van der Waals surface area contributed by atoms with Gasteiger partial charge in [-0.05, 0) is 6.07 Å². The molecule has 0 saturated carbocycles. The van der Waals surface area contributed by atoms with Crippen LogP contribution in [0.1, 0.15) is 10.4 Å². The summed E-state index contributed by atoms with van der Waals surface area (Å²) < 4.78 is 0. The molecular formula is C14H13N3O. The number of fused-ring (bicyclic) bond motifs is 1. The summed E-state index contributed by atoms with van der Waals surface area (Å²) in [7, 11) is 3.56. The second-order valence-corrected chi connectivity index (χ2v) is 4.20. The van der Waals surface area contributed by atoms with Crippen molar-refractivity contribution in [3.8, 4) is 6.07 Å². The van der Waals surface area contributed by atoms with Crippen molar-refractivity contribution in [1.82, 2.24) is 9.88 Å². The molecule has 18 heavy (non-hydrogen) atoms. The highest BCUT2D eigenvalue weighted by Crippen LogP contribution is 2.20. The van der Waals surface area contributed by atoms with Gasteiger partial charge in [-0.25, -0.2) is 0 Å². The second kappa shape index (κ2) is 4.76. The molecule has 2 rings (SSSR count). The number of Topliss-reactive ketones (excluding diaryl/α,β-unsaturated/α-hetero) is 1. The topological polar surface area (TPSA) is 59.9 Å². The van der Waals surface area contributed by atoms with Crippen LogP contribution in [-0.2, 0) is 0 Å². The molecule has 0 bridgehead atoms. The third kappa shape index (κ3) is 2.11. The SMILES string of the molecule is CN(C)/C=C(/C#N)C(=O)c1c[nH]c2ccccc12. The number of carbonyl (C=O) groups is 1. The zero-order chi connectivity index (χ0) is 13.1. The number of allylic oxidation sites excluding steroid dienone is 1. The number of aromatic nitrogens is 1. The van der Waals surface area contributed by atoms with E-state index >= 15 is 0 Å². The molecule has 0 aliphatic rings. The van der Waals surface area contributed by atoms with Crippen LogP contribution >= 0.6 is 0 Å². The van der Waals surface area contributed by atoms with Gasteiger partial charge in [-0.1, -0.05) is 18.2 Å². The average molecular weight is 239 g/mol. The summed E-state index contributed by atoms with van der Waals surface area (Å²) >= 11 is 0. The molecule has 0 atom stereocenters. The highest BCUT2D eigenvalue weighted by atomic mass is 16.1. The number of hydrogen-bond donors (Lipinski definition) is 1. The van der Waals surface area contributed by atoms with Crippen molar-refractivity contribution in [3.05, 3.63) is 47.8 Å². The summed E-state index contributed by atoms with van der Waals surface area (Å²) in [6, 6.07) is 9.47. The normalized spacial score (nSPS) is 11.3. The van der Waals surface area contributed by atoms with Crippen molar-refractivity contribution in [2.45, 2.75) is 0 Å². The fourth-order valence-corrected chi connectivity index (χ4v) is 1.80. The fraction of sp³-hybridized carbons (Fsp3) is 0.143. The zero-order valence-electron chi connectivity index (χ0n) is 10.3. The van der Waals surface area contributed by atoms with E-state index in [2.05, 4.69) is 4.98 Å². The number of nitrogens with one attached hydrogen (secondary N) is 1. The minimum absolute atomic E-state index is 0.129. The van der Waals surface area contributed by atoms with Gasteiger partial charge in [-0.3, -0.25) is 4.79 Å². The maximum Gasteiger partial charge on any atom is 0.207 e. The molecular weight excluding hydrogens is 226 g/mol. The summed E-state index contributed by atoms with van der Waals surface area (Å²) in [6.45, 7) is 0. The van der Waals surface area contributed by atoms with Crippen molar-refractivity contribution in [3.63, 3.8) is 0 Å². The number of aromatic amines is 1. The predicted octanol–water partition coefficient (Wildman–Crippen LogP) is 2.32. The lowest BCUT2D eigenvalue weighted by molar-refractivity contribution is 0.103. The highest BCUT2D eigenvalue weighted by molar-refractivity contribution is 6.17. The van der Waals surface area contributed by atoms with Gasteiger partial charge in [-0.2, -0.15) is 5.26 Å². The van der Waals surface area contributed by atoms with Gasteiger partial charge < -0.3 is 9.88 Å². The van der Waals surface area contributed by atoms with E-state index < -0.39 is 0 Å². The van der Waals surface area contributed by atoms with E-state index in [-0.39, 0.29) is 11.4 Å². The summed E-state index contributed by atoms with van der Waals surface area (Å²) in [5.74, 6) is -0.261. The average Bonchev–Trinajstić information content (AvgIpc) is 2.78. The minimum Gasteiger partial charge on any atom is -0.382 e. The van der Waals surface area contributed by atoms with Crippen LogP contribution in [0, 0.1) is 11.3 Å². The standard InChI is InChI=1S/C14H13N3O/c1-17(2)9-10(7-15)14(18)12-8-16-13-6-4-3-5-11(12)13/h3-6,8-9,16H,1-2H3/b10-9-. The van der Waals surface area contributed by atoms with E-state index in [1.54, 1.807) is 25.2 Å². The maximum absolute atomic E-state index is 12.2. The van der Waals surface area contributed by atoms with Gasteiger partial charge in [0.1, 0.15) is 11.6 Å². The van der Waals surface area contributed by atoms with Crippen LogP contribution < -0.4 is 0 Å². The van der Waals surface area contributed by atoms with Crippen LogP contribution in [0.2, 0.25) is 0 Å². The molecule has 0 unspecified atom stereocenters. The maximum atomic E-state index is 12.2. The largest absolute Gasteiger partial charge is 0.382 e. The Bertz CT molecular complexity index is 659. The first-order valence-electron chi connectivity index (χ1n) is 5.52. The Morgan fingerprint density at radius 1 is 1.39 bits per heavy atom. The Morgan fingerprint density at radius 3 is 2.78 bits per heavy atom. The van der Waals surface area contributed by atoms with Crippen LogP contribution in [0.4, 0.5) is 0 Å². The Hall–Kier alpha value is -2.54. The third-order valence-electron chi connectivity index (χ3n) is 2.59. The summed E-state index contributed by atoms with van der Waals surface area (Å²) in [6.07, 6.45) is 3.18.